The summed E-state index contributed by atoms with van der Waals surface area (Å²) in [5.74, 6) is 0. The summed E-state index contributed by atoms with van der Waals surface area (Å²) >= 11 is -0.434. The van der Waals surface area contributed by atoms with Crippen LogP contribution >= 0.6 is 12.4 Å². The van der Waals surface area contributed by atoms with E-state index in [0.717, 1.165) is 6.61 Å². The van der Waals surface area contributed by atoms with Crippen LogP contribution in [0.2, 0.25) is 4.44 Å². The summed E-state index contributed by atoms with van der Waals surface area (Å²) in [5.41, 5.74) is 5.64. The van der Waals surface area contributed by atoms with Gasteiger partial charge in [0.1, 0.15) is 0 Å². The molecule has 0 bridgehead atoms. The molecule has 4 heteroatoms. The molecule has 0 aliphatic carbocycles. The van der Waals surface area contributed by atoms with E-state index in [9.17, 15) is 0 Å². The topological polar surface area (TPSA) is 35.2 Å². The number of rotatable bonds is 8. The van der Waals surface area contributed by atoms with Gasteiger partial charge in [0.2, 0.25) is 0 Å². The summed E-state index contributed by atoms with van der Waals surface area (Å²) in [6.07, 6.45) is 4.96. The van der Waals surface area contributed by atoms with Gasteiger partial charge < -0.3 is 0 Å². The van der Waals surface area contributed by atoms with Crippen LogP contribution in [0.5, 0.6) is 0 Å². The number of hydrogen-bond donors (Lipinski definition) is 1. The van der Waals surface area contributed by atoms with E-state index in [1.807, 2.05) is 0 Å². The van der Waals surface area contributed by atoms with Crippen molar-refractivity contribution in [1.82, 2.24) is 0 Å². The molecule has 0 saturated carbocycles. The van der Waals surface area contributed by atoms with Crippen molar-refractivity contribution in [3.05, 3.63) is 0 Å². The quantitative estimate of drug-likeness (QED) is 0.551. The van der Waals surface area contributed by atoms with Gasteiger partial charge in [-0.1, -0.05) is 0 Å². The van der Waals surface area contributed by atoms with Gasteiger partial charge in [0.05, 0.1) is 0 Å². The summed E-state index contributed by atoms with van der Waals surface area (Å²) in [4.78, 5) is 0. The van der Waals surface area contributed by atoms with E-state index >= 15 is 0 Å². The van der Waals surface area contributed by atoms with Gasteiger partial charge in [-0.05, 0) is 0 Å². The van der Waals surface area contributed by atoms with Gasteiger partial charge in [0.25, 0.3) is 0 Å². The Labute approximate surface area is 99.2 Å². The average molecular weight is 314 g/mol. The van der Waals surface area contributed by atoms with Crippen LogP contribution in [0.3, 0.4) is 0 Å². The Balaban J connectivity index is 0. The first kappa shape index (κ1) is 16.4. The third kappa shape index (κ3) is 15.7. The van der Waals surface area contributed by atoms with Gasteiger partial charge >= 0.3 is 87.0 Å². The SMILES string of the molecule is CCC[O][Sn][CH2]CCCC(C)N.Cl. The van der Waals surface area contributed by atoms with E-state index in [1.165, 1.54) is 30.1 Å². The second kappa shape index (κ2) is 13.0. The van der Waals surface area contributed by atoms with Gasteiger partial charge in [0.15, 0.2) is 0 Å². The molecule has 1 atom stereocenters. The molecule has 0 aromatic carbocycles. The van der Waals surface area contributed by atoms with Gasteiger partial charge in [-0.25, -0.2) is 0 Å². The fourth-order valence-corrected chi connectivity index (χ4v) is 3.44. The van der Waals surface area contributed by atoms with Crippen molar-refractivity contribution in [2.75, 3.05) is 6.61 Å². The Hall–Kier alpha value is 1.01. The molecule has 0 aliphatic rings. The largest absolute Gasteiger partial charge is 0.147 e. The molecule has 0 rings (SSSR count). The van der Waals surface area contributed by atoms with E-state index in [0.29, 0.717) is 6.04 Å². The molecule has 0 fully saturated rings. The van der Waals surface area contributed by atoms with Gasteiger partial charge in [0, 0.05) is 0 Å². The Bertz CT molecular complexity index is 93.7. The Morgan fingerprint density at radius 3 is 2.62 bits per heavy atom. The van der Waals surface area contributed by atoms with Crippen LogP contribution < -0.4 is 5.73 Å². The van der Waals surface area contributed by atoms with E-state index < -0.39 is 21.6 Å². The van der Waals surface area contributed by atoms with Crippen molar-refractivity contribution in [3.63, 3.8) is 0 Å². The maximum absolute atomic E-state index is 5.64. The van der Waals surface area contributed by atoms with Crippen molar-refractivity contribution in [1.29, 1.82) is 0 Å². The summed E-state index contributed by atoms with van der Waals surface area (Å²) in [6.45, 7) is 5.22. The van der Waals surface area contributed by atoms with E-state index in [2.05, 4.69) is 13.8 Å². The van der Waals surface area contributed by atoms with Crippen LogP contribution in [-0.2, 0) is 3.07 Å². The van der Waals surface area contributed by atoms with Crippen molar-refractivity contribution < 1.29 is 3.07 Å². The normalized spacial score (nSPS) is 12.2. The second-order valence-corrected chi connectivity index (χ2v) is 6.29. The molecule has 0 heterocycles. The number of unbranched alkanes of at least 4 members (excludes halogenated alkanes) is 1. The fourth-order valence-electron chi connectivity index (χ4n) is 0.910. The van der Waals surface area contributed by atoms with Crippen LogP contribution in [0.25, 0.3) is 0 Å². The zero-order chi connectivity index (χ0) is 9.23. The molecule has 0 spiro atoms. The first-order chi connectivity index (χ1) is 5.77. The summed E-state index contributed by atoms with van der Waals surface area (Å²) in [7, 11) is 0. The smallest absolute Gasteiger partial charge is 0.147 e. The van der Waals surface area contributed by atoms with Crippen LogP contribution in [0.1, 0.15) is 39.5 Å². The molecule has 80 valence electrons. The Kier molecular flexibility index (Phi) is 16.4. The molecule has 0 aliphatic heterocycles. The molecule has 13 heavy (non-hydrogen) atoms. The molecule has 0 aromatic rings. The molecule has 2 nitrogen and oxygen atoms in total. The second-order valence-electron chi connectivity index (χ2n) is 3.22. The summed E-state index contributed by atoms with van der Waals surface area (Å²) in [5, 5.41) is 0. The average Bonchev–Trinajstić information content (AvgIpc) is 2.02. The third-order valence-electron chi connectivity index (χ3n) is 1.60. The Morgan fingerprint density at radius 1 is 1.38 bits per heavy atom. The van der Waals surface area contributed by atoms with Crippen LogP contribution in [-0.4, -0.2) is 34.2 Å². The Morgan fingerprint density at radius 2 is 2.08 bits per heavy atom. The minimum absolute atomic E-state index is 0. The monoisotopic (exact) mass is 315 g/mol. The molecule has 1 unspecified atom stereocenters. The van der Waals surface area contributed by atoms with Crippen molar-refractivity contribution in [2.45, 2.75) is 50.0 Å². The van der Waals surface area contributed by atoms with Crippen molar-refractivity contribution in [2.24, 2.45) is 5.73 Å². The van der Waals surface area contributed by atoms with Gasteiger partial charge in [-0.2, -0.15) is 0 Å². The first-order valence-corrected chi connectivity index (χ1v) is 8.06. The minimum atomic E-state index is -0.434. The molecule has 2 N–H and O–H groups in total. The van der Waals surface area contributed by atoms with Crippen molar-refractivity contribution >= 4 is 34.0 Å². The van der Waals surface area contributed by atoms with Crippen LogP contribution in [0.15, 0.2) is 0 Å². The van der Waals surface area contributed by atoms with Gasteiger partial charge in [-0.3, -0.25) is 0 Å². The predicted octanol–water partition coefficient (Wildman–Crippen LogP) is 2.39. The fraction of sp³-hybridized carbons (Fsp3) is 1.00. The maximum Gasteiger partial charge on any atom is -0.147 e. The molecule has 0 aromatic heterocycles. The van der Waals surface area contributed by atoms with Gasteiger partial charge in [-0.15, -0.1) is 12.4 Å². The summed E-state index contributed by atoms with van der Waals surface area (Å²) in [6, 6.07) is 0.381. The standard InChI is InChI=1S/C6H14N.C3H7O.ClH.Sn/c1-3-4-5-6(2)7;1-2-3-4;;/h6H,1,3-5,7H2,2H3;2-3H2,1H3;1H;/q;-1;;+1. The minimum Gasteiger partial charge on any atom is -0.147 e. The predicted molar refractivity (Wildman–Crippen MR) is 61.6 cm³/mol. The number of hydrogen-bond acceptors (Lipinski definition) is 2. The van der Waals surface area contributed by atoms with E-state index in [-0.39, 0.29) is 12.4 Å². The van der Waals surface area contributed by atoms with Crippen LogP contribution in [0, 0.1) is 0 Å². The third-order valence-corrected chi connectivity index (χ3v) is 4.35. The van der Waals surface area contributed by atoms with E-state index in [4.69, 9.17) is 8.81 Å². The maximum atomic E-state index is 5.64. The van der Waals surface area contributed by atoms with Crippen molar-refractivity contribution in [3.8, 4) is 0 Å². The zero-order valence-electron chi connectivity index (χ0n) is 8.71. The zero-order valence-corrected chi connectivity index (χ0v) is 12.4. The molecule has 0 amide bonds. The number of nitrogens with two attached hydrogens (primary N) is 1. The number of halogens is 1. The molecule has 2 radical (unpaired) electrons. The molecular weight excluding hydrogens is 292 g/mol. The van der Waals surface area contributed by atoms with Crippen LogP contribution in [0.4, 0.5) is 0 Å². The molecular formula is C9H22ClNOSn. The first-order valence-electron chi connectivity index (χ1n) is 4.87. The molecule has 0 saturated heterocycles. The summed E-state index contributed by atoms with van der Waals surface area (Å²) < 4.78 is 6.89. The van der Waals surface area contributed by atoms with E-state index in [1.54, 1.807) is 0 Å².